The highest BCUT2D eigenvalue weighted by Gasteiger charge is 2.26. The van der Waals surface area contributed by atoms with Crippen molar-refractivity contribution < 1.29 is 38.5 Å². The molecule has 1 aromatic rings. The summed E-state index contributed by atoms with van der Waals surface area (Å²) < 4.78 is 14.4. The Morgan fingerprint density at radius 2 is 1.43 bits per heavy atom. The number of aliphatic carboxylic acids is 1. The molecule has 0 heterocycles. The number of esters is 3. The maximum atomic E-state index is 11.3. The fourth-order valence-electron chi connectivity index (χ4n) is 1.60. The van der Waals surface area contributed by atoms with Crippen molar-refractivity contribution in [2.24, 2.45) is 0 Å². The molecule has 8 heteroatoms. The molecule has 0 radical (unpaired) electrons. The van der Waals surface area contributed by atoms with E-state index < -0.39 is 35.4 Å². The molecule has 1 N–H and O–H groups in total. The first-order valence-corrected chi connectivity index (χ1v) is 6.34. The van der Waals surface area contributed by atoms with E-state index in [9.17, 15) is 24.3 Å². The minimum atomic E-state index is -1.63. The number of carboxylic acid groups (broad SMARTS) is 1. The van der Waals surface area contributed by atoms with Gasteiger partial charge in [0.25, 0.3) is 5.76 Å². The minimum Gasteiger partial charge on any atom is -0.475 e. The molecule has 0 unspecified atom stereocenters. The molecule has 23 heavy (non-hydrogen) atoms. The Morgan fingerprint density at radius 1 is 0.870 bits per heavy atom. The number of carboxylic acids is 1. The third-order valence-electron chi connectivity index (χ3n) is 2.28. The molecule has 122 valence electrons. The van der Waals surface area contributed by atoms with Crippen molar-refractivity contribution in [3.63, 3.8) is 0 Å². The van der Waals surface area contributed by atoms with Gasteiger partial charge in [0, 0.05) is 20.8 Å². The normalized spacial score (nSPS) is 11.1. The van der Waals surface area contributed by atoms with E-state index in [-0.39, 0.29) is 11.3 Å². The first kappa shape index (κ1) is 17.9. The molecule has 0 aromatic heterocycles. The Kier molecular flexibility index (Phi) is 6.02. The predicted molar refractivity (Wildman–Crippen MR) is 75.8 cm³/mol. The van der Waals surface area contributed by atoms with Crippen molar-refractivity contribution in [3.05, 3.63) is 35.6 Å². The zero-order valence-electron chi connectivity index (χ0n) is 12.6. The summed E-state index contributed by atoms with van der Waals surface area (Å²) in [5.74, 6) is -5.55. The molecule has 0 amide bonds. The van der Waals surface area contributed by atoms with Crippen LogP contribution in [0.3, 0.4) is 0 Å². The van der Waals surface area contributed by atoms with Gasteiger partial charge in [-0.05, 0) is 12.1 Å². The Labute approximate surface area is 131 Å². The zero-order valence-corrected chi connectivity index (χ0v) is 12.6. The lowest BCUT2D eigenvalue weighted by molar-refractivity contribution is -0.147. The van der Waals surface area contributed by atoms with Crippen LogP contribution in [0.5, 0.6) is 5.75 Å². The Bertz CT molecular complexity index is 686. The van der Waals surface area contributed by atoms with Gasteiger partial charge in [-0.2, -0.15) is 0 Å². The van der Waals surface area contributed by atoms with Gasteiger partial charge in [0.05, 0.1) is 5.56 Å². The van der Waals surface area contributed by atoms with Crippen molar-refractivity contribution in [1.82, 2.24) is 0 Å². The highest BCUT2D eigenvalue weighted by molar-refractivity contribution is 5.97. The number of para-hydroxylation sites is 1. The maximum absolute atomic E-state index is 11.3. The van der Waals surface area contributed by atoms with Gasteiger partial charge >= 0.3 is 23.9 Å². The molecule has 0 spiro atoms. The first-order valence-electron chi connectivity index (χ1n) is 6.34. The average molecular weight is 322 g/mol. The standard InChI is InChI=1S/C15H14O8/c1-8(16)21-12-7-5-4-6-11(12)13(22-9(2)17)14(15(19)20)23-10(3)18/h4-7H,1-3H3,(H,19,20). The molecule has 1 aromatic carbocycles. The van der Waals surface area contributed by atoms with Crippen molar-refractivity contribution in [2.45, 2.75) is 20.8 Å². The number of carbonyl (C=O) groups is 4. The molecule has 0 fully saturated rings. The second-order valence-corrected chi connectivity index (χ2v) is 4.24. The Morgan fingerprint density at radius 3 is 1.91 bits per heavy atom. The molecule has 0 bridgehead atoms. The fraction of sp³-hybridized carbons (Fsp3) is 0.200. The third-order valence-corrected chi connectivity index (χ3v) is 2.28. The summed E-state index contributed by atoms with van der Waals surface area (Å²) in [4.78, 5) is 44.8. The molecule has 0 aliphatic carbocycles. The van der Waals surface area contributed by atoms with E-state index in [0.29, 0.717) is 0 Å². The minimum absolute atomic E-state index is 0.0310. The largest absolute Gasteiger partial charge is 0.475 e. The second kappa shape index (κ2) is 7.74. The van der Waals surface area contributed by atoms with Crippen molar-refractivity contribution in [1.29, 1.82) is 0 Å². The van der Waals surface area contributed by atoms with Gasteiger partial charge in [-0.1, -0.05) is 12.1 Å². The van der Waals surface area contributed by atoms with Crippen molar-refractivity contribution in [2.75, 3.05) is 0 Å². The van der Waals surface area contributed by atoms with Gasteiger partial charge < -0.3 is 19.3 Å². The third kappa shape index (κ3) is 5.27. The topological polar surface area (TPSA) is 116 Å². The van der Waals surface area contributed by atoms with E-state index >= 15 is 0 Å². The van der Waals surface area contributed by atoms with Crippen LogP contribution in [0.15, 0.2) is 30.0 Å². The lowest BCUT2D eigenvalue weighted by atomic mass is 10.1. The second-order valence-electron chi connectivity index (χ2n) is 4.24. The van der Waals surface area contributed by atoms with Gasteiger partial charge in [0.15, 0.2) is 5.76 Å². The van der Waals surface area contributed by atoms with Gasteiger partial charge in [-0.15, -0.1) is 0 Å². The van der Waals surface area contributed by atoms with E-state index in [4.69, 9.17) is 9.47 Å². The molecule has 0 saturated carbocycles. The Hall–Kier alpha value is -3.16. The van der Waals surface area contributed by atoms with Crippen molar-refractivity contribution >= 4 is 29.6 Å². The predicted octanol–water partition coefficient (Wildman–Crippen LogP) is 1.49. The zero-order chi connectivity index (χ0) is 17.6. The number of ether oxygens (including phenoxy) is 3. The molecule has 0 saturated heterocycles. The molecular weight excluding hydrogens is 308 g/mol. The molecule has 8 nitrogen and oxygen atoms in total. The summed E-state index contributed by atoms with van der Waals surface area (Å²) in [6.45, 7) is 3.18. The summed E-state index contributed by atoms with van der Waals surface area (Å²) in [5.41, 5.74) is -0.0310. The molecule has 0 atom stereocenters. The Balaban J connectivity index is 3.58. The van der Waals surface area contributed by atoms with Crippen LogP contribution in [0.4, 0.5) is 0 Å². The number of hydrogen-bond acceptors (Lipinski definition) is 7. The van der Waals surface area contributed by atoms with E-state index in [1.807, 2.05) is 0 Å². The quantitative estimate of drug-likeness (QED) is 0.375. The van der Waals surface area contributed by atoms with Gasteiger partial charge in [0.1, 0.15) is 5.75 Å². The van der Waals surface area contributed by atoms with E-state index in [1.165, 1.54) is 24.3 Å². The smallest absolute Gasteiger partial charge is 0.375 e. The lowest BCUT2D eigenvalue weighted by Crippen LogP contribution is -2.15. The number of hydrogen-bond donors (Lipinski definition) is 1. The monoisotopic (exact) mass is 322 g/mol. The van der Waals surface area contributed by atoms with Crippen LogP contribution in [0.1, 0.15) is 26.3 Å². The average Bonchev–Trinajstić information content (AvgIpc) is 2.42. The fourth-order valence-corrected chi connectivity index (χ4v) is 1.60. The van der Waals surface area contributed by atoms with Crippen LogP contribution in [0, 0.1) is 0 Å². The van der Waals surface area contributed by atoms with Crippen LogP contribution in [-0.2, 0) is 28.7 Å². The van der Waals surface area contributed by atoms with Gasteiger partial charge in [-0.25, -0.2) is 4.79 Å². The van der Waals surface area contributed by atoms with Crippen LogP contribution in [-0.4, -0.2) is 29.0 Å². The molecular formula is C15H14O8. The van der Waals surface area contributed by atoms with Crippen molar-refractivity contribution in [3.8, 4) is 5.75 Å². The van der Waals surface area contributed by atoms with Crippen LogP contribution in [0.25, 0.3) is 5.76 Å². The van der Waals surface area contributed by atoms with Crippen LogP contribution >= 0.6 is 0 Å². The summed E-state index contributed by atoms with van der Waals surface area (Å²) in [7, 11) is 0. The number of benzene rings is 1. The van der Waals surface area contributed by atoms with E-state index in [1.54, 1.807) is 0 Å². The summed E-state index contributed by atoms with van der Waals surface area (Å²) in [6, 6.07) is 5.74. The summed E-state index contributed by atoms with van der Waals surface area (Å²) in [5, 5.41) is 9.21. The summed E-state index contributed by atoms with van der Waals surface area (Å²) in [6.07, 6.45) is 0. The molecule has 0 aliphatic rings. The van der Waals surface area contributed by atoms with Crippen LogP contribution < -0.4 is 4.74 Å². The highest BCUT2D eigenvalue weighted by Crippen LogP contribution is 2.30. The summed E-state index contributed by atoms with van der Waals surface area (Å²) >= 11 is 0. The SMILES string of the molecule is CC(=O)OC(C(=O)O)=C(OC(C)=O)c1ccccc1OC(C)=O. The van der Waals surface area contributed by atoms with Gasteiger partial charge in [0.2, 0.25) is 0 Å². The van der Waals surface area contributed by atoms with E-state index in [0.717, 1.165) is 20.8 Å². The maximum Gasteiger partial charge on any atom is 0.375 e. The number of rotatable bonds is 5. The van der Waals surface area contributed by atoms with Crippen LogP contribution in [0.2, 0.25) is 0 Å². The van der Waals surface area contributed by atoms with E-state index in [2.05, 4.69) is 4.74 Å². The highest BCUT2D eigenvalue weighted by atomic mass is 16.6. The first-order chi connectivity index (χ1) is 10.7. The number of carbonyl (C=O) groups excluding carboxylic acids is 3. The molecule has 0 aliphatic heterocycles. The lowest BCUT2D eigenvalue weighted by Gasteiger charge is -2.14. The molecule has 1 rings (SSSR count). The van der Waals surface area contributed by atoms with Gasteiger partial charge in [-0.3, -0.25) is 14.4 Å².